The monoisotopic (exact) mass is 293 g/mol. The van der Waals surface area contributed by atoms with Crippen LogP contribution >= 0.6 is 0 Å². The van der Waals surface area contributed by atoms with Gasteiger partial charge in [0.1, 0.15) is 5.75 Å². The number of benzene rings is 2. The van der Waals surface area contributed by atoms with E-state index in [4.69, 9.17) is 0 Å². The van der Waals surface area contributed by atoms with Gasteiger partial charge in [-0.15, -0.1) is 0 Å². The third kappa shape index (κ3) is 2.81. The van der Waals surface area contributed by atoms with Gasteiger partial charge in [0.2, 0.25) is 0 Å². The number of para-hydroxylation sites is 1. The molecule has 0 saturated heterocycles. The molecule has 4 nitrogen and oxygen atoms in total. The number of anilines is 2. The molecule has 0 aliphatic rings. The number of aromatic nitrogens is 1. The molecular weight excluding hydrogens is 274 g/mol. The number of nitrogens with zero attached hydrogens (tertiary/aromatic N) is 2. The highest BCUT2D eigenvalue weighted by atomic mass is 16.3. The van der Waals surface area contributed by atoms with E-state index in [-0.39, 0.29) is 0 Å². The van der Waals surface area contributed by atoms with Gasteiger partial charge in [-0.25, -0.2) is 0 Å². The van der Waals surface area contributed by atoms with Crippen LogP contribution in [0.25, 0.3) is 10.9 Å². The molecule has 2 N–H and O–H groups in total. The van der Waals surface area contributed by atoms with Gasteiger partial charge in [0.25, 0.3) is 0 Å². The number of nitrogens with one attached hydrogen (secondary N) is 1. The van der Waals surface area contributed by atoms with E-state index in [1.165, 1.54) is 0 Å². The first kappa shape index (κ1) is 14.2. The minimum atomic E-state index is 0.297. The number of fused-ring (bicyclic) bond motifs is 1. The molecule has 22 heavy (non-hydrogen) atoms. The summed E-state index contributed by atoms with van der Waals surface area (Å²) in [6.07, 6.45) is 1.79. The molecular formula is C18H19N3O. The Morgan fingerprint density at radius 2 is 1.91 bits per heavy atom. The average molecular weight is 293 g/mol. The van der Waals surface area contributed by atoms with Crippen molar-refractivity contribution < 1.29 is 5.11 Å². The zero-order valence-corrected chi connectivity index (χ0v) is 12.7. The normalized spacial score (nSPS) is 10.6. The maximum Gasteiger partial charge on any atom is 0.120 e. The van der Waals surface area contributed by atoms with Crippen LogP contribution in [0, 0.1) is 0 Å². The van der Waals surface area contributed by atoms with Crippen molar-refractivity contribution in [2.24, 2.45) is 0 Å². The Morgan fingerprint density at radius 1 is 1.09 bits per heavy atom. The fraction of sp³-hybridized carbons (Fsp3) is 0.167. The van der Waals surface area contributed by atoms with Crippen molar-refractivity contribution in [3.05, 3.63) is 60.3 Å². The molecule has 1 aromatic heterocycles. The van der Waals surface area contributed by atoms with Crippen molar-refractivity contribution in [3.63, 3.8) is 0 Å². The molecule has 0 fully saturated rings. The van der Waals surface area contributed by atoms with Gasteiger partial charge in [-0.05, 0) is 30.3 Å². The standard InChI is InChI=1S/C18H19N3O/c1-21(2)15-8-9-17(22)14(11-15)12-20-16-7-3-5-13-6-4-10-19-18(13)16/h3-11,20,22H,12H2,1-2H3. The van der Waals surface area contributed by atoms with Gasteiger partial charge in [0, 0.05) is 43.5 Å². The molecule has 112 valence electrons. The SMILES string of the molecule is CN(C)c1ccc(O)c(CNc2cccc3cccnc23)c1. The molecule has 1 heterocycles. The quantitative estimate of drug-likeness (QED) is 0.771. The molecule has 0 aliphatic carbocycles. The molecule has 0 saturated carbocycles. The molecule has 0 aliphatic heterocycles. The van der Waals surface area contributed by atoms with Crippen LogP contribution in [0.4, 0.5) is 11.4 Å². The Labute approximate surface area is 130 Å². The van der Waals surface area contributed by atoms with Crippen LogP contribution < -0.4 is 10.2 Å². The van der Waals surface area contributed by atoms with Crippen molar-refractivity contribution in [1.29, 1.82) is 0 Å². The molecule has 0 atom stereocenters. The van der Waals surface area contributed by atoms with E-state index in [9.17, 15) is 5.11 Å². The van der Waals surface area contributed by atoms with Crippen molar-refractivity contribution >= 4 is 22.3 Å². The van der Waals surface area contributed by atoms with Gasteiger partial charge in [0.05, 0.1) is 11.2 Å². The summed E-state index contributed by atoms with van der Waals surface area (Å²) in [6, 6.07) is 15.6. The first-order chi connectivity index (χ1) is 10.6. The number of rotatable bonds is 4. The summed E-state index contributed by atoms with van der Waals surface area (Å²) in [5.74, 6) is 0.297. The molecule has 2 aromatic carbocycles. The summed E-state index contributed by atoms with van der Waals surface area (Å²) >= 11 is 0. The second kappa shape index (κ2) is 5.93. The summed E-state index contributed by atoms with van der Waals surface area (Å²) in [7, 11) is 3.97. The Morgan fingerprint density at radius 3 is 2.73 bits per heavy atom. The molecule has 0 spiro atoms. The van der Waals surface area contributed by atoms with Crippen molar-refractivity contribution in [1.82, 2.24) is 4.98 Å². The predicted octanol–water partition coefficient (Wildman–Crippen LogP) is 3.62. The lowest BCUT2D eigenvalue weighted by Gasteiger charge is -2.15. The number of hydrogen-bond donors (Lipinski definition) is 2. The van der Waals surface area contributed by atoms with E-state index in [0.29, 0.717) is 12.3 Å². The van der Waals surface area contributed by atoms with Crippen molar-refractivity contribution in [3.8, 4) is 5.75 Å². The summed E-state index contributed by atoms with van der Waals surface area (Å²) in [6.45, 7) is 0.545. The third-order valence-electron chi connectivity index (χ3n) is 3.68. The Bertz CT molecular complexity index is 794. The summed E-state index contributed by atoms with van der Waals surface area (Å²) < 4.78 is 0. The van der Waals surface area contributed by atoms with Crippen LogP contribution in [0.3, 0.4) is 0 Å². The van der Waals surface area contributed by atoms with Gasteiger partial charge < -0.3 is 15.3 Å². The van der Waals surface area contributed by atoms with Gasteiger partial charge in [-0.1, -0.05) is 18.2 Å². The van der Waals surface area contributed by atoms with Crippen LogP contribution in [0.15, 0.2) is 54.7 Å². The summed E-state index contributed by atoms with van der Waals surface area (Å²) in [5, 5.41) is 14.5. The molecule has 0 radical (unpaired) electrons. The second-order valence-corrected chi connectivity index (χ2v) is 5.44. The van der Waals surface area contributed by atoms with Crippen molar-refractivity contribution in [2.45, 2.75) is 6.54 Å². The molecule has 0 bridgehead atoms. The largest absolute Gasteiger partial charge is 0.508 e. The fourth-order valence-corrected chi connectivity index (χ4v) is 2.43. The number of pyridine rings is 1. The van der Waals surface area contributed by atoms with E-state index in [0.717, 1.165) is 27.8 Å². The van der Waals surface area contributed by atoms with Crippen LogP contribution in [-0.4, -0.2) is 24.2 Å². The van der Waals surface area contributed by atoms with E-state index >= 15 is 0 Å². The summed E-state index contributed by atoms with van der Waals surface area (Å²) in [4.78, 5) is 6.44. The maximum absolute atomic E-state index is 10.0. The predicted molar refractivity (Wildman–Crippen MR) is 91.5 cm³/mol. The summed E-state index contributed by atoms with van der Waals surface area (Å²) in [5.41, 5.74) is 3.82. The van der Waals surface area contributed by atoms with Crippen LogP contribution in [0.2, 0.25) is 0 Å². The number of hydrogen-bond acceptors (Lipinski definition) is 4. The van der Waals surface area contributed by atoms with E-state index in [1.54, 1.807) is 12.3 Å². The van der Waals surface area contributed by atoms with E-state index in [2.05, 4.69) is 10.3 Å². The Kier molecular flexibility index (Phi) is 3.83. The zero-order valence-electron chi connectivity index (χ0n) is 12.7. The number of phenolic OH excluding ortho intramolecular Hbond substituents is 1. The van der Waals surface area contributed by atoms with Crippen LogP contribution in [-0.2, 0) is 6.54 Å². The van der Waals surface area contributed by atoms with Gasteiger partial charge in [-0.2, -0.15) is 0 Å². The highest BCUT2D eigenvalue weighted by Crippen LogP contribution is 2.26. The smallest absolute Gasteiger partial charge is 0.120 e. The first-order valence-electron chi connectivity index (χ1n) is 7.22. The highest BCUT2D eigenvalue weighted by molar-refractivity contribution is 5.90. The van der Waals surface area contributed by atoms with Gasteiger partial charge >= 0.3 is 0 Å². The van der Waals surface area contributed by atoms with E-state index < -0.39 is 0 Å². The third-order valence-corrected chi connectivity index (χ3v) is 3.68. The van der Waals surface area contributed by atoms with Crippen LogP contribution in [0.1, 0.15) is 5.56 Å². The lowest BCUT2D eigenvalue weighted by molar-refractivity contribution is 0.469. The molecule has 0 unspecified atom stereocenters. The lowest BCUT2D eigenvalue weighted by atomic mass is 10.1. The van der Waals surface area contributed by atoms with E-state index in [1.807, 2.05) is 61.5 Å². The second-order valence-electron chi connectivity index (χ2n) is 5.44. The lowest BCUT2D eigenvalue weighted by Crippen LogP contribution is -2.09. The Balaban J connectivity index is 1.87. The zero-order chi connectivity index (χ0) is 15.5. The van der Waals surface area contributed by atoms with Crippen LogP contribution in [0.5, 0.6) is 5.75 Å². The molecule has 0 amide bonds. The fourth-order valence-electron chi connectivity index (χ4n) is 2.43. The minimum absolute atomic E-state index is 0.297. The van der Waals surface area contributed by atoms with Gasteiger partial charge in [-0.3, -0.25) is 4.98 Å². The molecule has 3 aromatic rings. The average Bonchev–Trinajstić information content (AvgIpc) is 2.54. The first-order valence-corrected chi connectivity index (χ1v) is 7.22. The highest BCUT2D eigenvalue weighted by Gasteiger charge is 2.06. The molecule has 3 rings (SSSR count). The minimum Gasteiger partial charge on any atom is -0.508 e. The Hall–Kier alpha value is -2.75. The molecule has 4 heteroatoms. The maximum atomic E-state index is 10.0. The van der Waals surface area contributed by atoms with Gasteiger partial charge in [0.15, 0.2) is 0 Å². The number of phenols is 1. The topological polar surface area (TPSA) is 48.4 Å². The number of aromatic hydroxyl groups is 1. The van der Waals surface area contributed by atoms with Crippen molar-refractivity contribution in [2.75, 3.05) is 24.3 Å².